The highest BCUT2D eigenvalue weighted by molar-refractivity contribution is 7.18. The van der Waals surface area contributed by atoms with Gasteiger partial charge in [0.2, 0.25) is 0 Å². The molecular weight excluding hydrogens is 252 g/mol. The van der Waals surface area contributed by atoms with Crippen molar-refractivity contribution in [2.45, 2.75) is 45.1 Å². The van der Waals surface area contributed by atoms with E-state index in [4.69, 9.17) is 4.98 Å². The van der Waals surface area contributed by atoms with Crippen LogP contribution in [0.15, 0.2) is 24.3 Å². The van der Waals surface area contributed by atoms with Crippen LogP contribution >= 0.6 is 11.3 Å². The predicted octanol–water partition coefficient (Wildman–Crippen LogP) is 4.01. The first kappa shape index (κ1) is 13.1. The van der Waals surface area contributed by atoms with Crippen LogP contribution in [-0.4, -0.2) is 17.6 Å². The van der Waals surface area contributed by atoms with Gasteiger partial charge in [-0.15, -0.1) is 11.3 Å². The minimum atomic E-state index is 0.749. The topological polar surface area (TPSA) is 24.9 Å². The second kappa shape index (κ2) is 6.02. The number of aromatic nitrogens is 1. The van der Waals surface area contributed by atoms with Gasteiger partial charge in [0.1, 0.15) is 0 Å². The molecule has 0 aliphatic heterocycles. The number of hydrogen-bond acceptors (Lipinski definition) is 3. The number of para-hydroxylation sites is 1. The lowest BCUT2D eigenvalue weighted by atomic mass is 10.0. The summed E-state index contributed by atoms with van der Waals surface area (Å²) in [4.78, 5) is 4.76. The van der Waals surface area contributed by atoms with Crippen molar-refractivity contribution >= 4 is 21.6 Å². The van der Waals surface area contributed by atoms with Crippen LogP contribution in [-0.2, 0) is 6.42 Å². The first-order chi connectivity index (χ1) is 9.35. The molecule has 0 amide bonds. The van der Waals surface area contributed by atoms with Gasteiger partial charge in [0, 0.05) is 12.5 Å². The Labute approximate surface area is 119 Å². The van der Waals surface area contributed by atoms with Crippen LogP contribution in [0, 0.1) is 5.92 Å². The highest BCUT2D eigenvalue weighted by atomic mass is 32.1. The molecule has 2 unspecified atom stereocenters. The molecule has 102 valence electrons. The lowest BCUT2D eigenvalue weighted by Gasteiger charge is -2.11. The summed E-state index contributed by atoms with van der Waals surface area (Å²) in [7, 11) is 0. The highest BCUT2D eigenvalue weighted by Gasteiger charge is 2.25. The zero-order chi connectivity index (χ0) is 13.1. The second-order valence-electron chi connectivity index (χ2n) is 5.61. The molecule has 0 radical (unpaired) electrons. The van der Waals surface area contributed by atoms with Crippen LogP contribution in [0.3, 0.4) is 0 Å². The summed E-state index contributed by atoms with van der Waals surface area (Å²) in [5, 5.41) is 4.98. The van der Waals surface area contributed by atoms with Crippen molar-refractivity contribution < 1.29 is 0 Å². The SMILES string of the molecule is CCCNC1CCC(Cc2nc3ccccc3s2)C1. The van der Waals surface area contributed by atoms with Gasteiger partial charge in [-0.2, -0.15) is 0 Å². The molecule has 3 heteroatoms. The number of thiazole rings is 1. The summed E-state index contributed by atoms with van der Waals surface area (Å²) >= 11 is 1.87. The van der Waals surface area contributed by atoms with E-state index < -0.39 is 0 Å². The van der Waals surface area contributed by atoms with E-state index in [-0.39, 0.29) is 0 Å². The monoisotopic (exact) mass is 274 g/mol. The van der Waals surface area contributed by atoms with Gasteiger partial charge in [0.05, 0.1) is 15.2 Å². The average molecular weight is 274 g/mol. The van der Waals surface area contributed by atoms with Crippen LogP contribution in [0.1, 0.15) is 37.6 Å². The van der Waals surface area contributed by atoms with Crippen molar-refractivity contribution in [3.63, 3.8) is 0 Å². The summed E-state index contributed by atoms with van der Waals surface area (Å²) in [6.07, 6.45) is 6.44. The zero-order valence-corrected chi connectivity index (χ0v) is 12.4. The Balaban J connectivity index is 1.59. The van der Waals surface area contributed by atoms with Gasteiger partial charge in [-0.1, -0.05) is 19.1 Å². The fourth-order valence-corrected chi connectivity index (χ4v) is 4.13. The van der Waals surface area contributed by atoms with E-state index in [1.165, 1.54) is 53.9 Å². The number of fused-ring (bicyclic) bond motifs is 1. The summed E-state index contributed by atoms with van der Waals surface area (Å²) in [6.45, 7) is 3.40. The van der Waals surface area contributed by atoms with Crippen LogP contribution in [0.5, 0.6) is 0 Å². The number of benzene rings is 1. The van der Waals surface area contributed by atoms with Gasteiger partial charge >= 0.3 is 0 Å². The third-order valence-electron chi connectivity index (χ3n) is 4.03. The van der Waals surface area contributed by atoms with E-state index >= 15 is 0 Å². The maximum Gasteiger partial charge on any atom is 0.0941 e. The van der Waals surface area contributed by atoms with Gasteiger partial charge in [0.25, 0.3) is 0 Å². The van der Waals surface area contributed by atoms with Crippen molar-refractivity contribution in [2.24, 2.45) is 5.92 Å². The Morgan fingerprint density at radius 1 is 1.32 bits per heavy atom. The van der Waals surface area contributed by atoms with Crippen LogP contribution in [0.2, 0.25) is 0 Å². The predicted molar refractivity (Wildman–Crippen MR) is 82.7 cm³/mol. The molecule has 19 heavy (non-hydrogen) atoms. The normalized spacial score (nSPS) is 23.2. The molecule has 1 aliphatic rings. The molecule has 2 nitrogen and oxygen atoms in total. The van der Waals surface area contributed by atoms with E-state index in [0.29, 0.717) is 0 Å². The number of nitrogens with zero attached hydrogens (tertiary/aromatic N) is 1. The fourth-order valence-electron chi connectivity index (χ4n) is 3.05. The molecule has 2 aromatic rings. The van der Waals surface area contributed by atoms with Crippen LogP contribution in [0.4, 0.5) is 0 Å². The molecule has 1 fully saturated rings. The smallest absolute Gasteiger partial charge is 0.0941 e. The van der Waals surface area contributed by atoms with Crippen molar-refractivity contribution in [2.75, 3.05) is 6.54 Å². The van der Waals surface area contributed by atoms with E-state index in [1.807, 2.05) is 11.3 Å². The highest BCUT2D eigenvalue weighted by Crippen LogP contribution is 2.31. The maximum atomic E-state index is 4.76. The van der Waals surface area contributed by atoms with Gasteiger partial charge in [0.15, 0.2) is 0 Å². The van der Waals surface area contributed by atoms with Crippen LogP contribution < -0.4 is 5.32 Å². The summed E-state index contributed by atoms with van der Waals surface area (Å²) in [5.41, 5.74) is 1.17. The third-order valence-corrected chi connectivity index (χ3v) is 5.08. The third kappa shape index (κ3) is 3.15. The lowest BCUT2D eigenvalue weighted by Crippen LogP contribution is -2.27. The standard InChI is InChI=1S/C16H22N2S/c1-2-9-17-13-8-7-12(10-13)11-16-18-14-5-3-4-6-15(14)19-16/h3-6,12-13,17H,2,7-11H2,1H3. The van der Waals surface area contributed by atoms with E-state index in [1.54, 1.807) is 0 Å². The molecule has 1 aromatic carbocycles. The van der Waals surface area contributed by atoms with Gasteiger partial charge in [-0.25, -0.2) is 4.98 Å². The fraction of sp³-hybridized carbons (Fsp3) is 0.562. The van der Waals surface area contributed by atoms with E-state index in [0.717, 1.165) is 12.0 Å². The molecule has 0 bridgehead atoms. The molecule has 3 rings (SSSR count). The lowest BCUT2D eigenvalue weighted by molar-refractivity contribution is 0.484. The number of rotatable bonds is 5. The van der Waals surface area contributed by atoms with Gasteiger partial charge in [-0.3, -0.25) is 0 Å². The molecule has 1 heterocycles. The molecule has 1 aliphatic carbocycles. The first-order valence-electron chi connectivity index (χ1n) is 7.43. The molecular formula is C16H22N2S. The summed E-state index contributed by atoms with van der Waals surface area (Å²) in [5.74, 6) is 0.829. The van der Waals surface area contributed by atoms with E-state index in [2.05, 4.69) is 36.5 Å². The minimum absolute atomic E-state index is 0.749. The average Bonchev–Trinajstić information content (AvgIpc) is 3.02. The van der Waals surface area contributed by atoms with Crippen molar-refractivity contribution in [3.8, 4) is 0 Å². The molecule has 0 spiro atoms. The molecule has 0 saturated heterocycles. The zero-order valence-electron chi connectivity index (χ0n) is 11.6. The van der Waals surface area contributed by atoms with E-state index in [9.17, 15) is 0 Å². The summed E-state index contributed by atoms with van der Waals surface area (Å²) in [6, 6.07) is 9.22. The number of hydrogen-bond donors (Lipinski definition) is 1. The second-order valence-corrected chi connectivity index (χ2v) is 6.72. The van der Waals surface area contributed by atoms with Gasteiger partial charge in [-0.05, 0) is 50.3 Å². The molecule has 1 N–H and O–H groups in total. The van der Waals surface area contributed by atoms with Crippen molar-refractivity contribution in [1.29, 1.82) is 0 Å². The quantitative estimate of drug-likeness (QED) is 0.891. The number of nitrogens with one attached hydrogen (secondary N) is 1. The Morgan fingerprint density at radius 2 is 2.21 bits per heavy atom. The largest absolute Gasteiger partial charge is 0.314 e. The Kier molecular flexibility index (Phi) is 4.14. The molecule has 2 atom stereocenters. The van der Waals surface area contributed by atoms with Gasteiger partial charge < -0.3 is 5.32 Å². The van der Waals surface area contributed by atoms with Crippen molar-refractivity contribution in [1.82, 2.24) is 10.3 Å². The maximum absolute atomic E-state index is 4.76. The summed E-state index contributed by atoms with van der Waals surface area (Å²) < 4.78 is 1.33. The Hall–Kier alpha value is -0.930. The Bertz CT molecular complexity index is 501. The van der Waals surface area contributed by atoms with Crippen LogP contribution in [0.25, 0.3) is 10.2 Å². The Morgan fingerprint density at radius 3 is 3.05 bits per heavy atom. The molecule has 1 saturated carbocycles. The van der Waals surface area contributed by atoms with Crippen molar-refractivity contribution in [3.05, 3.63) is 29.3 Å². The minimum Gasteiger partial charge on any atom is -0.314 e. The molecule has 1 aromatic heterocycles. The first-order valence-corrected chi connectivity index (χ1v) is 8.24.